The molecule has 2 aromatic rings. The molecule has 1 atom stereocenters. The third-order valence-electron chi connectivity index (χ3n) is 1.91. The van der Waals surface area contributed by atoms with Gasteiger partial charge in [0.05, 0.1) is 0 Å². The largest absolute Gasteiger partial charge is 0.481 e. The zero-order valence-electron chi connectivity index (χ0n) is 8.44. The fourth-order valence-corrected chi connectivity index (χ4v) is 1.52. The van der Waals surface area contributed by atoms with Crippen LogP contribution < -0.4 is 4.74 Å². The first kappa shape index (κ1) is 11.2. The molecule has 16 heavy (non-hydrogen) atoms. The SMILES string of the molecule is CC(Oc1cccc(Cl)c1)c1n[nH]c(=S)o1. The fraction of sp³-hybridized carbons (Fsp3) is 0.200. The van der Waals surface area contributed by atoms with Crippen molar-refractivity contribution in [2.75, 3.05) is 0 Å². The number of H-pyrrole nitrogens is 1. The van der Waals surface area contributed by atoms with E-state index in [2.05, 4.69) is 10.2 Å². The van der Waals surface area contributed by atoms with Crippen molar-refractivity contribution in [1.29, 1.82) is 0 Å². The lowest BCUT2D eigenvalue weighted by atomic mass is 10.3. The van der Waals surface area contributed by atoms with Crippen molar-refractivity contribution < 1.29 is 9.15 Å². The third-order valence-corrected chi connectivity index (χ3v) is 2.32. The molecule has 0 saturated carbocycles. The van der Waals surface area contributed by atoms with E-state index >= 15 is 0 Å². The molecular weight excluding hydrogens is 248 g/mol. The summed E-state index contributed by atoms with van der Waals surface area (Å²) in [6.45, 7) is 1.81. The van der Waals surface area contributed by atoms with Crippen molar-refractivity contribution in [3.63, 3.8) is 0 Å². The molecule has 1 N–H and O–H groups in total. The molecular formula is C10H9ClN2O2S. The van der Waals surface area contributed by atoms with Gasteiger partial charge in [0.15, 0.2) is 6.10 Å². The minimum atomic E-state index is -0.327. The van der Waals surface area contributed by atoms with Gasteiger partial charge >= 0.3 is 0 Å². The summed E-state index contributed by atoms with van der Waals surface area (Å²) in [7, 11) is 0. The van der Waals surface area contributed by atoms with Crippen LogP contribution in [-0.4, -0.2) is 10.2 Å². The van der Waals surface area contributed by atoms with Crippen LogP contribution in [0.25, 0.3) is 0 Å². The van der Waals surface area contributed by atoms with Gasteiger partial charge in [-0.05, 0) is 37.3 Å². The summed E-state index contributed by atoms with van der Waals surface area (Å²) >= 11 is 10.6. The minimum absolute atomic E-state index is 0.233. The van der Waals surface area contributed by atoms with Crippen LogP contribution in [0.1, 0.15) is 18.9 Å². The molecule has 1 unspecified atom stereocenters. The van der Waals surface area contributed by atoms with Crippen LogP contribution in [0, 0.1) is 4.84 Å². The average Bonchev–Trinajstić information content (AvgIpc) is 2.65. The van der Waals surface area contributed by atoms with Gasteiger partial charge in [0, 0.05) is 5.02 Å². The number of ether oxygens (including phenoxy) is 1. The van der Waals surface area contributed by atoms with Gasteiger partial charge in [-0.3, -0.25) is 0 Å². The second-order valence-electron chi connectivity index (χ2n) is 3.17. The number of nitrogens with zero attached hydrogens (tertiary/aromatic N) is 1. The van der Waals surface area contributed by atoms with Gasteiger partial charge in [0.25, 0.3) is 10.7 Å². The molecule has 1 aromatic heterocycles. The number of halogens is 1. The smallest absolute Gasteiger partial charge is 0.284 e. The molecule has 0 radical (unpaired) electrons. The molecule has 0 aliphatic rings. The van der Waals surface area contributed by atoms with Crippen molar-refractivity contribution >= 4 is 23.8 Å². The number of hydrogen-bond donors (Lipinski definition) is 1. The van der Waals surface area contributed by atoms with Gasteiger partial charge in [-0.25, -0.2) is 5.10 Å². The Kier molecular flexibility index (Phi) is 3.26. The highest BCUT2D eigenvalue weighted by molar-refractivity contribution is 7.71. The number of aromatic nitrogens is 2. The Bertz CT molecular complexity index is 537. The first-order valence-corrected chi connectivity index (χ1v) is 5.41. The molecule has 1 heterocycles. The van der Waals surface area contributed by atoms with E-state index in [4.69, 9.17) is 33.0 Å². The average molecular weight is 257 g/mol. The van der Waals surface area contributed by atoms with E-state index in [0.29, 0.717) is 16.7 Å². The molecule has 0 fully saturated rings. The van der Waals surface area contributed by atoms with Crippen LogP contribution in [0.4, 0.5) is 0 Å². The lowest BCUT2D eigenvalue weighted by Crippen LogP contribution is -2.03. The van der Waals surface area contributed by atoms with Gasteiger partial charge in [-0.2, -0.15) is 0 Å². The van der Waals surface area contributed by atoms with Gasteiger partial charge in [-0.1, -0.05) is 17.7 Å². The summed E-state index contributed by atoms with van der Waals surface area (Å²) in [5.74, 6) is 1.06. The summed E-state index contributed by atoms with van der Waals surface area (Å²) < 4.78 is 10.7. The lowest BCUT2D eigenvalue weighted by Gasteiger charge is -2.10. The molecule has 1 aromatic carbocycles. The molecule has 6 heteroatoms. The normalized spacial score (nSPS) is 12.4. The number of aromatic amines is 1. The Labute approximate surface area is 102 Å². The second-order valence-corrected chi connectivity index (χ2v) is 3.98. The summed E-state index contributed by atoms with van der Waals surface area (Å²) in [5.41, 5.74) is 0. The van der Waals surface area contributed by atoms with Crippen LogP contribution >= 0.6 is 23.8 Å². The maximum absolute atomic E-state index is 5.84. The Morgan fingerprint density at radius 3 is 3.00 bits per heavy atom. The molecule has 0 spiro atoms. The number of benzene rings is 1. The third kappa shape index (κ3) is 2.62. The van der Waals surface area contributed by atoms with E-state index in [1.807, 2.05) is 19.1 Å². The standard InChI is InChI=1S/C10H9ClN2O2S/c1-6(9-12-13-10(16)15-9)14-8-4-2-3-7(11)5-8/h2-6H,1H3,(H,13,16). The summed E-state index contributed by atoms with van der Waals surface area (Å²) in [6.07, 6.45) is -0.327. The zero-order valence-corrected chi connectivity index (χ0v) is 10.0. The van der Waals surface area contributed by atoms with Crippen molar-refractivity contribution in [2.24, 2.45) is 0 Å². The topological polar surface area (TPSA) is 51.0 Å². The van der Waals surface area contributed by atoms with Crippen LogP contribution in [0.3, 0.4) is 0 Å². The predicted molar refractivity (Wildman–Crippen MR) is 62.2 cm³/mol. The summed E-state index contributed by atoms with van der Waals surface area (Å²) in [4.78, 5) is 0.233. The lowest BCUT2D eigenvalue weighted by molar-refractivity contribution is 0.187. The maximum Gasteiger partial charge on any atom is 0.284 e. The van der Waals surface area contributed by atoms with Crippen molar-refractivity contribution in [3.05, 3.63) is 40.0 Å². The summed E-state index contributed by atoms with van der Waals surface area (Å²) in [6, 6.07) is 7.12. The van der Waals surface area contributed by atoms with E-state index in [0.717, 1.165) is 0 Å². The highest BCUT2D eigenvalue weighted by atomic mass is 35.5. The molecule has 4 nitrogen and oxygen atoms in total. The first-order valence-electron chi connectivity index (χ1n) is 4.63. The molecule has 2 rings (SSSR count). The Balaban J connectivity index is 2.13. The molecule has 0 aliphatic carbocycles. The second kappa shape index (κ2) is 4.67. The monoisotopic (exact) mass is 256 g/mol. The van der Waals surface area contributed by atoms with Gasteiger partial charge in [0.2, 0.25) is 0 Å². The molecule has 0 aliphatic heterocycles. The fourth-order valence-electron chi connectivity index (χ4n) is 1.21. The van der Waals surface area contributed by atoms with E-state index < -0.39 is 0 Å². The maximum atomic E-state index is 5.84. The van der Waals surface area contributed by atoms with Crippen LogP contribution in [-0.2, 0) is 0 Å². The Morgan fingerprint density at radius 1 is 1.56 bits per heavy atom. The van der Waals surface area contributed by atoms with E-state index in [-0.39, 0.29) is 10.9 Å². The van der Waals surface area contributed by atoms with Crippen LogP contribution in [0.2, 0.25) is 5.02 Å². The first-order chi connectivity index (χ1) is 7.65. The highest BCUT2D eigenvalue weighted by Crippen LogP contribution is 2.23. The molecule has 0 amide bonds. The van der Waals surface area contributed by atoms with Crippen LogP contribution in [0.5, 0.6) is 5.75 Å². The van der Waals surface area contributed by atoms with Crippen LogP contribution in [0.15, 0.2) is 28.7 Å². The molecule has 0 bridgehead atoms. The molecule has 0 saturated heterocycles. The number of rotatable bonds is 3. The van der Waals surface area contributed by atoms with Crippen molar-refractivity contribution in [1.82, 2.24) is 10.2 Å². The number of hydrogen-bond acceptors (Lipinski definition) is 4. The molecule has 84 valence electrons. The Morgan fingerprint density at radius 2 is 2.38 bits per heavy atom. The van der Waals surface area contributed by atoms with Gasteiger partial charge in [-0.15, -0.1) is 5.10 Å². The van der Waals surface area contributed by atoms with Crippen molar-refractivity contribution in [3.8, 4) is 5.75 Å². The van der Waals surface area contributed by atoms with Gasteiger partial charge in [0.1, 0.15) is 5.75 Å². The highest BCUT2D eigenvalue weighted by Gasteiger charge is 2.12. The van der Waals surface area contributed by atoms with E-state index in [1.165, 1.54) is 0 Å². The number of nitrogens with one attached hydrogen (secondary N) is 1. The zero-order chi connectivity index (χ0) is 11.5. The quantitative estimate of drug-likeness (QED) is 0.854. The van der Waals surface area contributed by atoms with Gasteiger partial charge < -0.3 is 9.15 Å². The predicted octanol–water partition coefficient (Wildman–Crippen LogP) is 3.53. The summed E-state index contributed by atoms with van der Waals surface area (Å²) in [5, 5.41) is 7.04. The Hall–Kier alpha value is -1.33. The minimum Gasteiger partial charge on any atom is -0.481 e. The van der Waals surface area contributed by atoms with E-state index in [9.17, 15) is 0 Å². The van der Waals surface area contributed by atoms with Crippen molar-refractivity contribution in [2.45, 2.75) is 13.0 Å². The van der Waals surface area contributed by atoms with E-state index in [1.54, 1.807) is 12.1 Å².